The molecule has 0 bridgehead atoms. The maximum Gasteiger partial charge on any atom is 0.337 e. The highest BCUT2D eigenvalue weighted by atomic mass is 16.5. The molecule has 0 saturated heterocycles. The molecule has 2 aromatic rings. The summed E-state index contributed by atoms with van der Waals surface area (Å²) in [6.07, 6.45) is 0. The molecule has 1 aliphatic rings. The Morgan fingerprint density at radius 3 is 2.62 bits per heavy atom. The quantitative estimate of drug-likeness (QED) is 0.537. The maximum absolute atomic E-state index is 12.6. The number of rotatable bonds is 4. The topological polar surface area (TPSA) is 133 Å². The van der Waals surface area contributed by atoms with E-state index in [1.807, 2.05) is 6.92 Å². The van der Waals surface area contributed by atoms with Crippen LogP contribution in [0.3, 0.4) is 0 Å². The summed E-state index contributed by atoms with van der Waals surface area (Å²) >= 11 is 0. The summed E-state index contributed by atoms with van der Waals surface area (Å²) in [7, 11) is 1.24. The monoisotopic (exact) mass is 356 g/mol. The minimum Gasteiger partial charge on any atom is -0.465 e. The summed E-state index contributed by atoms with van der Waals surface area (Å²) in [5, 5.41) is 5.17. The summed E-state index contributed by atoms with van der Waals surface area (Å²) in [6.45, 7) is 2.40. The van der Waals surface area contributed by atoms with Gasteiger partial charge in [-0.3, -0.25) is 24.3 Å². The Labute approximate surface area is 147 Å². The van der Waals surface area contributed by atoms with Gasteiger partial charge in [0.2, 0.25) is 0 Å². The van der Waals surface area contributed by atoms with E-state index in [9.17, 15) is 19.2 Å². The highest BCUT2D eigenvalue weighted by Gasteiger charge is 2.32. The van der Waals surface area contributed by atoms with E-state index in [0.717, 1.165) is 10.6 Å². The number of amides is 2. The van der Waals surface area contributed by atoms with Gasteiger partial charge in [-0.25, -0.2) is 4.79 Å². The first-order chi connectivity index (χ1) is 12.4. The lowest BCUT2D eigenvalue weighted by Crippen LogP contribution is -2.25. The van der Waals surface area contributed by atoms with Crippen LogP contribution in [-0.2, 0) is 4.74 Å². The largest absolute Gasteiger partial charge is 0.465 e. The third-order valence-electron chi connectivity index (χ3n) is 3.98. The SMILES string of the molecule is CCNc1ccc(C(=O)OC)cc1-n1c(N)c2c(cc1=O)C(=O)NC2=O. The van der Waals surface area contributed by atoms with Crippen molar-refractivity contribution in [2.24, 2.45) is 0 Å². The van der Waals surface area contributed by atoms with Crippen molar-refractivity contribution in [3.8, 4) is 5.69 Å². The van der Waals surface area contributed by atoms with Gasteiger partial charge in [-0.15, -0.1) is 0 Å². The van der Waals surface area contributed by atoms with Gasteiger partial charge in [0.15, 0.2) is 0 Å². The number of imide groups is 1. The lowest BCUT2D eigenvalue weighted by atomic mass is 10.1. The van der Waals surface area contributed by atoms with Gasteiger partial charge < -0.3 is 15.8 Å². The van der Waals surface area contributed by atoms with E-state index in [0.29, 0.717) is 12.2 Å². The van der Waals surface area contributed by atoms with E-state index in [1.165, 1.54) is 19.2 Å². The molecule has 4 N–H and O–H groups in total. The van der Waals surface area contributed by atoms with Crippen molar-refractivity contribution >= 4 is 29.3 Å². The second-order valence-corrected chi connectivity index (χ2v) is 5.53. The van der Waals surface area contributed by atoms with Crippen LogP contribution in [-0.4, -0.2) is 36.0 Å². The van der Waals surface area contributed by atoms with Crippen LogP contribution in [0.5, 0.6) is 0 Å². The van der Waals surface area contributed by atoms with Gasteiger partial charge in [0.1, 0.15) is 5.82 Å². The molecule has 134 valence electrons. The smallest absolute Gasteiger partial charge is 0.337 e. The van der Waals surface area contributed by atoms with Gasteiger partial charge in [-0.1, -0.05) is 0 Å². The number of nitrogens with zero attached hydrogens (tertiary/aromatic N) is 1. The van der Waals surface area contributed by atoms with Gasteiger partial charge in [0, 0.05) is 12.6 Å². The van der Waals surface area contributed by atoms with Crippen LogP contribution in [0.4, 0.5) is 11.5 Å². The number of fused-ring (bicyclic) bond motifs is 1. The molecule has 0 saturated carbocycles. The van der Waals surface area contributed by atoms with Gasteiger partial charge in [0.25, 0.3) is 17.4 Å². The first-order valence-electron chi connectivity index (χ1n) is 7.76. The first kappa shape index (κ1) is 17.2. The van der Waals surface area contributed by atoms with Gasteiger partial charge >= 0.3 is 5.97 Å². The number of ether oxygens (including phenoxy) is 1. The van der Waals surface area contributed by atoms with Crippen LogP contribution >= 0.6 is 0 Å². The van der Waals surface area contributed by atoms with Crippen LogP contribution in [0.15, 0.2) is 29.1 Å². The fourth-order valence-electron chi connectivity index (χ4n) is 2.83. The molecule has 26 heavy (non-hydrogen) atoms. The number of pyridine rings is 1. The predicted octanol–water partition coefficient (Wildman–Crippen LogP) is 0.522. The molecule has 1 aromatic heterocycles. The number of benzene rings is 1. The fourth-order valence-corrected chi connectivity index (χ4v) is 2.83. The van der Waals surface area contributed by atoms with E-state index in [4.69, 9.17) is 10.5 Å². The van der Waals surface area contributed by atoms with E-state index in [1.54, 1.807) is 6.07 Å². The van der Waals surface area contributed by atoms with E-state index in [-0.39, 0.29) is 28.2 Å². The van der Waals surface area contributed by atoms with Crippen LogP contribution < -0.4 is 21.9 Å². The van der Waals surface area contributed by atoms with Gasteiger partial charge in [-0.2, -0.15) is 0 Å². The number of nitrogens with one attached hydrogen (secondary N) is 2. The second-order valence-electron chi connectivity index (χ2n) is 5.53. The molecule has 0 aliphatic carbocycles. The molecular formula is C17H16N4O5. The molecular weight excluding hydrogens is 340 g/mol. The Morgan fingerprint density at radius 2 is 1.96 bits per heavy atom. The Balaban J connectivity index is 2.31. The second kappa shape index (κ2) is 6.36. The van der Waals surface area contributed by atoms with Crippen molar-refractivity contribution in [1.82, 2.24) is 9.88 Å². The molecule has 0 radical (unpaired) electrons. The highest BCUT2D eigenvalue weighted by molar-refractivity contribution is 6.23. The summed E-state index contributed by atoms with van der Waals surface area (Å²) in [4.78, 5) is 48.2. The summed E-state index contributed by atoms with van der Waals surface area (Å²) in [5.41, 5.74) is 6.31. The van der Waals surface area contributed by atoms with E-state index in [2.05, 4.69) is 10.6 Å². The molecule has 1 aliphatic heterocycles. The molecule has 0 unspecified atom stereocenters. The van der Waals surface area contributed by atoms with Crippen molar-refractivity contribution < 1.29 is 19.1 Å². The molecule has 9 heteroatoms. The molecule has 1 aromatic carbocycles. The number of nitrogens with two attached hydrogens (primary N) is 1. The van der Waals surface area contributed by atoms with Crippen molar-refractivity contribution in [2.75, 3.05) is 24.7 Å². The Bertz CT molecular complexity index is 1010. The number of anilines is 2. The average Bonchev–Trinajstić information content (AvgIpc) is 2.89. The van der Waals surface area contributed by atoms with Crippen LogP contribution in [0.2, 0.25) is 0 Å². The number of methoxy groups -OCH3 is 1. The average molecular weight is 356 g/mol. The lowest BCUT2D eigenvalue weighted by molar-refractivity contribution is 0.0600. The molecule has 2 heterocycles. The van der Waals surface area contributed by atoms with Gasteiger partial charge in [-0.05, 0) is 25.1 Å². The van der Waals surface area contributed by atoms with Gasteiger partial charge in [0.05, 0.1) is 35.2 Å². The maximum atomic E-state index is 12.6. The minimum atomic E-state index is -0.676. The molecule has 0 spiro atoms. The van der Waals surface area contributed by atoms with Crippen LogP contribution in [0, 0.1) is 0 Å². The molecule has 0 atom stereocenters. The highest BCUT2D eigenvalue weighted by Crippen LogP contribution is 2.27. The number of carbonyl (C=O) groups is 3. The van der Waals surface area contributed by atoms with Crippen molar-refractivity contribution in [3.63, 3.8) is 0 Å². The number of esters is 1. The van der Waals surface area contributed by atoms with E-state index < -0.39 is 23.3 Å². The number of aromatic nitrogens is 1. The minimum absolute atomic E-state index is 0.0668. The Morgan fingerprint density at radius 1 is 1.23 bits per heavy atom. The lowest BCUT2D eigenvalue weighted by Gasteiger charge is -2.17. The Hall–Kier alpha value is -3.62. The normalized spacial score (nSPS) is 12.5. The standard InChI is InChI=1S/C17H16N4O5/c1-3-19-10-5-4-8(17(25)26-2)6-11(10)21-12(22)7-9-13(14(21)18)16(24)20-15(9)23/h4-7,19H,3,18H2,1-2H3,(H,20,23,24). The third-order valence-corrected chi connectivity index (χ3v) is 3.98. The zero-order valence-corrected chi connectivity index (χ0v) is 14.1. The van der Waals surface area contributed by atoms with E-state index >= 15 is 0 Å². The Kier molecular flexibility index (Phi) is 4.21. The van der Waals surface area contributed by atoms with Crippen molar-refractivity contribution in [3.05, 3.63) is 51.3 Å². The predicted molar refractivity (Wildman–Crippen MR) is 93.8 cm³/mol. The summed E-state index contributed by atoms with van der Waals surface area (Å²) in [6, 6.07) is 5.63. The zero-order valence-electron chi connectivity index (χ0n) is 14.1. The van der Waals surface area contributed by atoms with Crippen molar-refractivity contribution in [1.29, 1.82) is 0 Å². The number of carbonyl (C=O) groups excluding carboxylic acids is 3. The molecule has 3 rings (SSSR count). The number of nitrogen functional groups attached to an aromatic ring is 1. The number of hydrogen-bond acceptors (Lipinski definition) is 7. The zero-order chi connectivity index (χ0) is 19.0. The third kappa shape index (κ3) is 2.59. The first-order valence-corrected chi connectivity index (χ1v) is 7.76. The molecule has 0 fully saturated rings. The molecule has 2 amide bonds. The van der Waals surface area contributed by atoms with Crippen LogP contribution in [0.1, 0.15) is 38.0 Å². The number of hydrogen-bond donors (Lipinski definition) is 3. The molecule has 9 nitrogen and oxygen atoms in total. The summed E-state index contributed by atoms with van der Waals surface area (Å²) in [5.74, 6) is -2.12. The van der Waals surface area contributed by atoms with Crippen molar-refractivity contribution in [2.45, 2.75) is 6.92 Å². The fraction of sp³-hybridized carbons (Fsp3) is 0.176. The van der Waals surface area contributed by atoms with Crippen LogP contribution in [0.25, 0.3) is 5.69 Å². The summed E-state index contributed by atoms with van der Waals surface area (Å²) < 4.78 is 5.79.